The molecule has 5 rings (SSSR count). The molecule has 7 heteroatoms. The number of allylic oxidation sites excluding steroid dienone is 1. The normalized spacial score (nSPS) is 38.0. The summed E-state index contributed by atoms with van der Waals surface area (Å²) < 4.78 is 11.3. The van der Waals surface area contributed by atoms with Gasteiger partial charge in [0.2, 0.25) is 0 Å². The van der Waals surface area contributed by atoms with Crippen molar-refractivity contribution in [2.24, 2.45) is 27.6 Å². The Bertz CT molecular complexity index is 1460. The molecule has 3 saturated carbocycles. The van der Waals surface area contributed by atoms with Crippen molar-refractivity contribution in [2.45, 2.75) is 125 Å². The van der Waals surface area contributed by atoms with Gasteiger partial charge in [-0.3, -0.25) is 19.2 Å². The summed E-state index contributed by atoms with van der Waals surface area (Å²) in [6, 6.07) is 1.90. The second kappa shape index (κ2) is 10.3. The summed E-state index contributed by atoms with van der Waals surface area (Å²) in [4.78, 5) is 49.9. The molecule has 4 aliphatic rings. The van der Waals surface area contributed by atoms with E-state index in [-0.39, 0.29) is 48.9 Å². The van der Waals surface area contributed by atoms with E-state index in [0.717, 1.165) is 61.6 Å². The molecule has 43 heavy (non-hydrogen) atoms. The number of carbonyl (C=O) groups is 4. The zero-order valence-corrected chi connectivity index (χ0v) is 28.4. The first-order chi connectivity index (χ1) is 19.8. The number of fused-ring (bicyclic) bond motifs is 7. The lowest BCUT2D eigenvalue weighted by Gasteiger charge is -2.70. The summed E-state index contributed by atoms with van der Waals surface area (Å²) in [7, 11) is 0. The Balaban J connectivity index is 1.72. The fraction of sp³-hybridized carbons (Fsp3) is 0.667. The Labute approximate surface area is 261 Å². The van der Waals surface area contributed by atoms with Crippen molar-refractivity contribution in [1.29, 1.82) is 0 Å². The minimum atomic E-state index is -0.498. The lowest BCUT2D eigenvalue weighted by Crippen LogP contribution is -2.62. The molecule has 3 fully saturated rings. The van der Waals surface area contributed by atoms with Gasteiger partial charge in [0.05, 0.1) is 5.25 Å². The third kappa shape index (κ3) is 4.74. The molecule has 6 nitrogen and oxygen atoms in total. The van der Waals surface area contributed by atoms with Gasteiger partial charge in [-0.25, -0.2) is 0 Å². The topological polar surface area (TPSA) is 86.7 Å². The second-order valence-electron chi connectivity index (χ2n) is 15.2. The number of thioether (sulfide) groups is 1. The van der Waals surface area contributed by atoms with Gasteiger partial charge in [0.1, 0.15) is 5.78 Å². The molecule has 4 aliphatic carbocycles. The van der Waals surface area contributed by atoms with Gasteiger partial charge >= 0.3 is 11.9 Å². The third-order valence-corrected chi connectivity index (χ3v) is 13.6. The van der Waals surface area contributed by atoms with Crippen molar-refractivity contribution in [3.8, 4) is 11.5 Å². The van der Waals surface area contributed by atoms with E-state index in [4.69, 9.17) is 9.47 Å². The maximum Gasteiger partial charge on any atom is 0.308 e. The smallest absolute Gasteiger partial charge is 0.308 e. The number of carbonyl (C=O) groups excluding carboxylic acids is 4. The largest absolute Gasteiger partial charge is 0.423 e. The van der Waals surface area contributed by atoms with Crippen LogP contribution >= 0.6 is 11.8 Å². The Kier molecular flexibility index (Phi) is 7.68. The number of rotatable bonds is 4. The van der Waals surface area contributed by atoms with Crippen molar-refractivity contribution in [3.05, 3.63) is 34.4 Å². The summed E-state index contributed by atoms with van der Waals surface area (Å²) in [5, 5.41) is -0.254. The SMILES string of the molecule is CC(=O)Oc1cc2c(c(C)c1OC(C)=O)C(SC(C)=O)C=C1[C@@]2(C)CC[C@@]2(C)[C@@H]3C[C@](C)(C(C)=O)CC[C@]3(C)CC[C@]12C. The van der Waals surface area contributed by atoms with Crippen LogP contribution in [0.4, 0.5) is 0 Å². The molecule has 1 unspecified atom stereocenters. The summed E-state index contributed by atoms with van der Waals surface area (Å²) >= 11 is 1.29. The molecule has 0 N–H and O–H groups in total. The van der Waals surface area contributed by atoms with E-state index in [9.17, 15) is 19.2 Å². The van der Waals surface area contributed by atoms with E-state index in [1.54, 1.807) is 13.8 Å². The number of ether oxygens (including phenoxy) is 2. The highest BCUT2D eigenvalue weighted by atomic mass is 32.2. The van der Waals surface area contributed by atoms with Crippen LogP contribution in [0.15, 0.2) is 17.7 Å². The molecular formula is C36H48O6S. The Morgan fingerprint density at radius 2 is 1.47 bits per heavy atom. The molecule has 0 radical (unpaired) electrons. The van der Waals surface area contributed by atoms with Crippen LogP contribution in [0.3, 0.4) is 0 Å². The van der Waals surface area contributed by atoms with Gasteiger partial charge < -0.3 is 9.47 Å². The molecule has 0 aromatic heterocycles. The van der Waals surface area contributed by atoms with E-state index < -0.39 is 11.9 Å². The van der Waals surface area contributed by atoms with Gasteiger partial charge in [0.25, 0.3) is 0 Å². The van der Waals surface area contributed by atoms with Gasteiger partial charge in [0, 0.05) is 37.2 Å². The first-order valence-electron chi connectivity index (χ1n) is 15.8. The molecule has 0 heterocycles. The molecule has 1 aromatic carbocycles. The van der Waals surface area contributed by atoms with E-state index >= 15 is 0 Å². The highest BCUT2D eigenvalue weighted by Crippen LogP contribution is 2.75. The summed E-state index contributed by atoms with van der Waals surface area (Å²) in [6.45, 7) is 19.8. The van der Waals surface area contributed by atoms with Crippen LogP contribution in [0.2, 0.25) is 0 Å². The van der Waals surface area contributed by atoms with Gasteiger partial charge in [-0.15, -0.1) is 0 Å². The quantitative estimate of drug-likeness (QED) is 0.193. The minimum absolute atomic E-state index is 0.0124. The average Bonchev–Trinajstić information content (AvgIpc) is 2.89. The summed E-state index contributed by atoms with van der Waals surface area (Å²) in [5.41, 5.74) is 3.43. The van der Waals surface area contributed by atoms with Crippen molar-refractivity contribution in [1.82, 2.24) is 0 Å². The van der Waals surface area contributed by atoms with Crippen LogP contribution < -0.4 is 9.47 Å². The number of Topliss-reactive ketones (excluding diaryl/α,β-unsaturated/α-hetero) is 1. The van der Waals surface area contributed by atoms with Gasteiger partial charge in [-0.1, -0.05) is 58.0 Å². The van der Waals surface area contributed by atoms with E-state index in [1.165, 1.54) is 31.2 Å². The molecule has 234 valence electrons. The monoisotopic (exact) mass is 608 g/mol. The Morgan fingerprint density at radius 1 is 0.837 bits per heavy atom. The number of esters is 2. The number of benzene rings is 1. The lowest BCUT2D eigenvalue weighted by molar-refractivity contribution is -0.165. The summed E-state index contributed by atoms with van der Waals surface area (Å²) in [5.74, 6) is 0.194. The molecule has 0 amide bonds. The van der Waals surface area contributed by atoms with E-state index in [1.807, 2.05) is 13.0 Å². The molecule has 7 atom stereocenters. The highest BCUT2D eigenvalue weighted by Gasteiger charge is 2.67. The van der Waals surface area contributed by atoms with Crippen molar-refractivity contribution in [2.75, 3.05) is 0 Å². The summed E-state index contributed by atoms with van der Waals surface area (Å²) in [6.07, 6.45) is 9.33. The van der Waals surface area contributed by atoms with Crippen molar-refractivity contribution < 1.29 is 28.7 Å². The molecule has 1 aromatic rings. The van der Waals surface area contributed by atoms with Crippen LogP contribution in [0.5, 0.6) is 11.5 Å². The number of hydrogen-bond donors (Lipinski definition) is 0. The second-order valence-corrected chi connectivity index (χ2v) is 16.5. The van der Waals surface area contributed by atoms with Crippen LogP contribution in [-0.4, -0.2) is 22.8 Å². The maximum absolute atomic E-state index is 12.9. The van der Waals surface area contributed by atoms with Gasteiger partial charge in [-0.05, 0) is 98.1 Å². The van der Waals surface area contributed by atoms with Crippen molar-refractivity contribution in [3.63, 3.8) is 0 Å². The minimum Gasteiger partial charge on any atom is -0.423 e. The molecular weight excluding hydrogens is 560 g/mol. The third-order valence-electron chi connectivity index (χ3n) is 12.7. The van der Waals surface area contributed by atoms with Crippen LogP contribution in [-0.2, 0) is 24.6 Å². The first-order valence-corrected chi connectivity index (χ1v) is 16.7. The fourth-order valence-electron chi connectivity index (χ4n) is 9.76. The molecule has 0 aliphatic heterocycles. The first kappa shape index (κ1) is 32.0. The zero-order chi connectivity index (χ0) is 31.9. The van der Waals surface area contributed by atoms with Crippen LogP contribution in [0, 0.1) is 34.5 Å². The molecule has 0 spiro atoms. The van der Waals surface area contributed by atoms with Crippen LogP contribution in [0.1, 0.15) is 129 Å². The van der Waals surface area contributed by atoms with Crippen molar-refractivity contribution >= 4 is 34.6 Å². The van der Waals surface area contributed by atoms with Gasteiger partial charge in [-0.2, -0.15) is 0 Å². The molecule has 0 saturated heterocycles. The molecule has 0 bridgehead atoms. The van der Waals surface area contributed by atoms with E-state index in [0.29, 0.717) is 11.7 Å². The van der Waals surface area contributed by atoms with Crippen LogP contribution in [0.25, 0.3) is 0 Å². The maximum atomic E-state index is 12.9. The number of hydrogen-bond acceptors (Lipinski definition) is 7. The number of ketones is 1. The zero-order valence-electron chi connectivity index (χ0n) is 27.6. The van der Waals surface area contributed by atoms with E-state index in [2.05, 4.69) is 40.7 Å². The van der Waals surface area contributed by atoms with Gasteiger partial charge in [0.15, 0.2) is 16.6 Å². The standard InChI is InChI=1S/C36H48O6S/c1-20-30-25(17-26(41-22(3)38)31(20)42-23(4)39)34(8)14-16-36(10)29-19-33(7,21(2)37)12-11-32(29,6)13-15-35(36,9)28(34)18-27(30)43-24(5)40/h17-18,27,29H,11-16,19H2,1-10H3/t27?,29-,32-,33-,34+,35-,36+/m1/s1. The lowest BCUT2D eigenvalue weighted by atomic mass is 9.34. The fourth-order valence-corrected chi connectivity index (χ4v) is 10.7. The Hall–Kier alpha value is -2.41. The Morgan fingerprint density at radius 3 is 2.05 bits per heavy atom. The predicted octanol–water partition coefficient (Wildman–Crippen LogP) is 8.37. The predicted molar refractivity (Wildman–Crippen MR) is 169 cm³/mol. The average molecular weight is 609 g/mol. The highest BCUT2D eigenvalue weighted by molar-refractivity contribution is 8.13.